The molecule has 0 spiro atoms. The number of nitrogens with one attached hydrogen (secondary N) is 1. The van der Waals surface area contributed by atoms with Crippen molar-refractivity contribution in [2.75, 3.05) is 11.9 Å². The molecule has 0 aliphatic rings. The van der Waals surface area contributed by atoms with Crippen molar-refractivity contribution in [1.82, 2.24) is 0 Å². The number of aryl methyl sites for hydroxylation is 1. The number of carbonyl (C=O) groups is 1. The summed E-state index contributed by atoms with van der Waals surface area (Å²) in [4.78, 5) is 11.1. The van der Waals surface area contributed by atoms with Crippen molar-refractivity contribution in [1.29, 1.82) is 0 Å². The molecule has 0 aliphatic carbocycles. The number of rotatable bonds is 6. The van der Waals surface area contributed by atoms with Gasteiger partial charge in [-0.1, -0.05) is 11.6 Å². The zero-order chi connectivity index (χ0) is 16.1. The minimum absolute atomic E-state index is 0.107. The fourth-order valence-corrected chi connectivity index (χ4v) is 2.26. The van der Waals surface area contributed by atoms with Crippen molar-refractivity contribution in [2.45, 2.75) is 26.5 Å². The van der Waals surface area contributed by atoms with Crippen LogP contribution in [0.15, 0.2) is 34.9 Å². The third kappa shape index (κ3) is 4.26. The van der Waals surface area contributed by atoms with E-state index >= 15 is 0 Å². The molecule has 22 heavy (non-hydrogen) atoms. The Morgan fingerprint density at radius 2 is 2.23 bits per heavy atom. The largest absolute Gasteiger partial charge is 0.467 e. The summed E-state index contributed by atoms with van der Waals surface area (Å²) < 4.78 is 10.5. The highest BCUT2D eigenvalue weighted by Crippen LogP contribution is 2.26. The highest BCUT2D eigenvalue weighted by molar-refractivity contribution is 6.30. The van der Waals surface area contributed by atoms with E-state index in [1.54, 1.807) is 12.1 Å². The Bertz CT molecular complexity index is 653. The van der Waals surface area contributed by atoms with E-state index in [2.05, 4.69) is 5.32 Å². The zero-order valence-electron chi connectivity index (χ0n) is 12.4. The average molecular weight is 324 g/mol. The molecule has 2 N–H and O–H groups in total. The molecule has 118 valence electrons. The van der Waals surface area contributed by atoms with Crippen molar-refractivity contribution in [3.8, 4) is 0 Å². The van der Waals surface area contributed by atoms with Crippen molar-refractivity contribution < 1.29 is 19.1 Å². The van der Waals surface area contributed by atoms with E-state index < -0.39 is 0 Å². The summed E-state index contributed by atoms with van der Waals surface area (Å²) in [5.41, 5.74) is 2.50. The van der Waals surface area contributed by atoms with Crippen LogP contribution in [0.3, 0.4) is 0 Å². The molecule has 0 saturated carbocycles. The first-order valence-corrected chi connectivity index (χ1v) is 7.21. The van der Waals surface area contributed by atoms with Crippen LogP contribution in [0.4, 0.5) is 5.69 Å². The second-order valence-electron chi connectivity index (χ2n) is 4.97. The van der Waals surface area contributed by atoms with Crippen LogP contribution in [-0.2, 0) is 16.1 Å². The van der Waals surface area contributed by atoms with E-state index in [4.69, 9.17) is 25.9 Å². The predicted molar refractivity (Wildman–Crippen MR) is 83.8 cm³/mol. The molecule has 1 heterocycles. The Morgan fingerprint density at radius 1 is 1.45 bits per heavy atom. The van der Waals surface area contributed by atoms with E-state index in [1.807, 2.05) is 19.1 Å². The second kappa shape index (κ2) is 7.33. The summed E-state index contributed by atoms with van der Waals surface area (Å²) >= 11 is 5.95. The van der Waals surface area contributed by atoms with Crippen molar-refractivity contribution >= 4 is 23.3 Å². The molecule has 6 heteroatoms. The first kappa shape index (κ1) is 16.4. The van der Waals surface area contributed by atoms with Crippen LogP contribution < -0.4 is 5.32 Å². The molecule has 1 aromatic heterocycles. The Morgan fingerprint density at radius 3 is 2.82 bits per heavy atom. The van der Waals surface area contributed by atoms with Crippen LogP contribution in [0.1, 0.15) is 29.9 Å². The van der Waals surface area contributed by atoms with Gasteiger partial charge in [0.05, 0.1) is 12.9 Å². The van der Waals surface area contributed by atoms with Gasteiger partial charge in [0, 0.05) is 23.2 Å². The van der Waals surface area contributed by atoms with Gasteiger partial charge in [0.25, 0.3) is 0 Å². The summed E-state index contributed by atoms with van der Waals surface area (Å²) in [5.74, 6) is 0.216. The van der Waals surface area contributed by atoms with Crippen molar-refractivity contribution in [3.05, 3.63) is 52.4 Å². The van der Waals surface area contributed by atoms with Crippen LogP contribution >= 0.6 is 11.6 Å². The highest BCUT2D eigenvalue weighted by Gasteiger charge is 2.18. The summed E-state index contributed by atoms with van der Waals surface area (Å²) in [6.07, 6.45) is 1.48. The Kier molecular flexibility index (Phi) is 5.46. The quantitative estimate of drug-likeness (QED) is 0.797. The summed E-state index contributed by atoms with van der Waals surface area (Å²) in [7, 11) is 0. The Hall–Kier alpha value is -1.98. The second-order valence-corrected chi connectivity index (χ2v) is 5.41. The number of benzene rings is 1. The zero-order valence-corrected chi connectivity index (χ0v) is 13.2. The fourth-order valence-electron chi connectivity index (χ4n) is 2.03. The Balaban J connectivity index is 2.21. The monoisotopic (exact) mass is 323 g/mol. The van der Waals surface area contributed by atoms with Gasteiger partial charge >= 0.3 is 5.97 Å². The van der Waals surface area contributed by atoms with E-state index in [9.17, 15) is 4.79 Å². The molecule has 1 aromatic carbocycles. The van der Waals surface area contributed by atoms with Gasteiger partial charge in [-0.05, 0) is 36.8 Å². The highest BCUT2D eigenvalue weighted by atomic mass is 35.5. The van der Waals surface area contributed by atoms with E-state index in [0.29, 0.717) is 16.3 Å². The molecule has 2 aromatic rings. The number of carbonyl (C=O) groups excluding carboxylic acids is 1. The van der Waals surface area contributed by atoms with Gasteiger partial charge in [-0.3, -0.25) is 4.79 Å². The topological polar surface area (TPSA) is 71.7 Å². The molecule has 0 fully saturated rings. The van der Waals surface area contributed by atoms with Gasteiger partial charge in [-0.15, -0.1) is 0 Å². The van der Waals surface area contributed by atoms with E-state index in [0.717, 1.165) is 11.3 Å². The molecule has 1 atom stereocenters. The maximum atomic E-state index is 11.1. The smallest absolute Gasteiger partial charge is 0.302 e. The predicted octanol–water partition coefficient (Wildman–Crippen LogP) is 3.45. The number of aliphatic hydroxyl groups excluding tert-OH is 1. The fraction of sp³-hybridized carbons (Fsp3) is 0.312. The molecule has 0 amide bonds. The molecule has 0 radical (unpaired) electrons. The lowest BCUT2D eigenvalue weighted by atomic mass is 10.1. The van der Waals surface area contributed by atoms with E-state index in [1.165, 1.54) is 13.2 Å². The van der Waals surface area contributed by atoms with Gasteiger partial charge in [0.1, 0.15) is 18.4 Å². The van der Waals surface area contributed by atoms with Gasteiger partial charge < -0.3 is 19.6 Å². The number of esters is 1. The molecule has 0 aliphatic heterocycles. The lowest BCUT2D eigenvalue weighted by Gasteiger charge is -2.19. The molecule has 0 bridgehead atoms. The number of furan rings is 1. The number of aliphatic hydroxyl groups is 1. The van der Waals surface area contributed by atoms with Gasteiger partial charge in [-0.2, -0.15) is 0 Å². The third-order valence-corrected chi connectivity index (χ3v) is 3.41. The maximum absolute atomic E-state index is 11.1. The molecule has 0 saturated heterocycles. The van der Waals surface area contributed by atoms with Crippen LogP contribution in [0.2, 0.25) is 5.02 Å². The molecule has 2 rings (SSSR count). The summed E-state index contributed by atoms with van der Waals surface area (Å²) in [6.45, 7) is 3.30. The number of hydrogen-bond donors (Lipinski definition) is 2. The first-order valence-electron chi connectivity index (χ1n) is 6.84. The van der Waals surface area contributed by atoms with Gasteiger partial charge in [-0.25, -0.2) is 0 Å². The minimum atomic E-state index is -0.367. The lowest BCUT2D eigenvalue weighted by molar-refractivity contribution is -0.141. The first-order chi connectivity index (χ1) is 10.5. The summed E-state index contributed by atoms with van der Waals surface area (Å²) in [6, 6.07) is 6.85. The molecule has 5 nitrogen and oxygen atoms in total. The third-order valence-electron chi connectivity index (χ3n) is 3.17. The van der Waals surface area contributed by atoms with Crippen LogP contribution in [0.5, 0.6) is 0 Å². The normalized spacial score (nSPS) is 12.0. The number of halogens is 1. The average Bonchev–Trinajstić information content (AvgIpc) is 2.94. The van der Waals surface area contributed by atoms with Crippen LogP contribution in [-0.4, -0.2) is 17.7 Å². The number of anilines is 1. The van der Waals surface area contributed by atoms with Gasteiger partial charge in [0.2, 0.25) is 0 Å². The number of hydrogen-bond acceptors (Lipinski definition) is 5. The maximum Gasteiger partial charge on any atom is 0.302 e. The summed E-state index contributed by atoms with van der Waals surface area (Å²) in [5, 5.41) is 13.1. The Labute approximate surface area is 133 Å². The standard InChI is InChI=1S/C16H18ClNO4/c1-10-5-13(17)3-4-14(10)18-15(9-21-11(2)20)16-6-12(7-19)8-22-16/h3-6,8,15,18-19H,7,9H2,1-2H3. The van der Waals surface area contributed by atoms with Crippen molar-refractivity contribution in [3.63, 3.8) is 0 Å². The van der Waals surface area contributed by atoms with Crippen molar-refractivity contribution in [2.24, 2.45) is 0 Å². The molecular weight excluding hydrogens is 306 g/mol. The molecular formula is C16H18ClNO4. The molecule has 1 unspecified atom stereocenters. The van der Waals surface area contributed by atoms with Crippen LogP contribution in [0, 0.1) is 6.92 Å². The SMILES string of the molecule is CC(=O)OCC(Nc1ccc(Cl)cc1C)c1cc(CO)co1. The lowest BCUT2D eigenvalue weighted by Crippen LogP contribution is -2.18. The van der Waals surface area contributed by atoms with Gasteiger partial charge in [0.15, 0.2) is 0 Å². The minimum Gasteiger partial charge on any atom is -0.467 e. The van der Waals surface area contributed by atoms with E-state index in [-0.39, 0.29) is 25.2 Å². The van der Waals surface area contributed by atoms with Crippen LogP contribution in [0.25, 0.3) is 0 Å². The number of ether oxygens (including phenoxy) is 1.